The minimum absolute atomic E-state index is 0.410. The molecule has 0 aliphatic heterocycles. The van der Waals surface area contributed by atoms with Crippen LogP contribution >= 0.6 is 0 Å². The van der Waals surface area contributed by atoms with E-state index in [-0.39, 0.29) is 0 Å². The maximum atomic E-state index is 4.43. The summed E-state index contributed by atoms with van der Waals surface area (Å²) in [5.41, 5.74) is 3.68. The fraction of sp³-hybridized carbons (Fsp3) is 0.800. The predicted molar refractivity (Wildman–Crippen MR) is 73.4 cm³/mol. The van der Waals surface area contributed by atoms with Crippen molar-refractivity contribution < 1.29 is 0 Å². The second-order valence-corrected chi connectivity index (χ2v) is 7.16. The van der Waals surface area contributed by atoms with Gasteiger partial charge in [-0.05, 0) is 30.1 Å². The maximum absolute atomic E-state index is 4.43. The van der Waals surface area contributed by atoms with Gasteiger partial charge in [0.15, 0.2) is 0 Å². The van der Waals surface area contributed by atoms with Crippen LogP contribution in [-0.4, -0.2) is 15.8 Å². The molecule has 3 rings (SSSR count). The Balaban J connectivity index is 1.80. The quantitative estimate of drug-likeness (QED) is 0.871. The standard InChI is InChI=1S/C15H25N3/c1-14(2)13(15(14,3)4)17-11-7-6-8-12-10(11)9-16-18(12)5/h9,11,13,17H,6-8H2,1-5H3. The lowest BCUT2D eigenvalue weighted by Crippen LogP contribution is -2.30. The molecule has 0 spiro atoms. The van der Waals surface area contributed by atoms with Crippen molar-refractivity contribution >= 4 is 0 Å². The Kier molecular flexibility index (Phi) is 2.44. The summed E-state index contributed by atoms with van der Waals surface area (Å²) in [7, 11) is 2.06. The highest BCUT2D eigenvalue weighted by molar-refractivity contribution is 5.27. The summed E-state index contributed by atoms with van der Waals surface area (Å²) >= 11 is 0. The Morgan fingerprint density at radius 2 is 1.94 bits per heavy atom. The van der Waals surface area contributed by atoms with Crippen molar-refractivity contribution in [2.24, 2.45) is 17.9 Å². The lowest BCUT2D eigenvalue weighted by Gasteiger charge is -2.25. The Hall–Kier alpha value is -0.830. The number of nitrogens with zero attached hydrogens (tertiary/aromatic N) is 2. The molecule has 0 amide bonds. The summed E-state index contributed by atoms with van der Waals surface area (Å²) in [6.07, 6.45) is 5.77. The minimum atomic E-state index is 0.410. The van der Waals surface area contributed by atoms with Crippen LogP contribution in [0, 0.1) is 10.8 Å². The monoisotopic (exact) mass is 247 g/mol. The summed E-state index contributed by atoms with van der Waals surface area (Å²) in [4.78, 5) is 0. The van der Waals surface area contributed by atoms with Gasteiger partial charge in [-0.2, -0.15) is 5.10 Å². The van der Waals surface area contributed by atoms with Gasteiger partial charge in [-0.1, -0.05) is 27.7 Å². The zero-order valence-electron chi connectivity index (χ0n) is 12.2. The molecule has 18 heavy (non-hydrogen) atoms. The summed E-state index contributed by atoms with van der Waals surface area (Å²) in [6, 6.07) is 1.13. The third-order valence-corrected chi connectivity index (χ3v) is 5.76. The molecule has 2 aliphatic carbocycles. The number of fused-ring (bicyclic) bond motifs is 1. The van der Waals surface area contributed by atoms with Gasteiger partial charge in [0.05, 0.1) is 6.20 Å². The number of rotatable bonds is 2. The van der Waals surface area contributed by atoms with E-state index in [4.69, 9.17) is 0 Å². The van der Waals surface area contributed by atoms with Crippen LogP contribution in [0.25, 0.3) is 0 Å². The predicted octanol–water partition coefficient (Wildman–Crippen LogP) is 2.82. The number of nitrogens with one attached hydrogen (secondary N) is 1. The van der Waals surface area contributed by atoms with Crippen molar-refractivity contribution in [3.8, 4) is 0 Å². The Morgan fingerprint density at radius 3 is 2.56 bits per heavy atom. The van der Waals surface area contributed by atoms with Crippen molar-refractivity contribution in [2.45, 2.75) is 59.0 Å². The van der Waals surface area contributed by atoms with Gasteiger partial charge in [0.25, 0.3) is 0 Å². The zero-order chi connectivity index (χ0) is 13.1. The normalized spacial score (nSPS) is 29.1. The number of hydrogen-bond donors (Lipinski definition) is 1. The van der Waals surface area contributed by atoms with E-state index in [1.165, 1.54) is 30.5 Å². The van der Waals surface area contributed by atoms with Crippen LogP contribution in [0.5, 0.6) is 0 Å². The first-order valence-corrected chi connectivity index (χ1v) is 7.12. The molecule has 100 valence electrons. The first-order valence-electron chi connectivity index (χ1n) is 7.12. The molecule has 0 aromatic carbocycles. The van der Waals surface area contributed by atoms with Crippen LogP contribution in [0.1, 0.15) is 57.8 Å². The minimum Gasteiger partial charge on any atom is -0.306 e. The molecule has 1 atom stereocenters. The average molecular weight is 247 g/mol. The van der Waals surface area contributed by atoms with Crippen LogP contribution in [0.15, 0.2) is 6.20 Å². The molecule has 1 fully saturated rings. The first-order chi connectivity index (χ1) is 8.35. The van der Waals surface area contributed by atoms with Crippen molar-refractivity contribution in [1.82, 2.24) is 15.1 Å². The Morgan fingerprint density at radius 1 is 1.28 bits per heavy atom. The van der Waals surface area contributed by atoms with Gasteiger partial charge in [-0.25, -0.2) is 0 Å². The van der Waals surface area contributed by atoms with Crippen LogP contribution in [0.4, 0.5) is 0 Å². The second kappa shape index (κ2) is 3.60. The van der Waals surface area contributed by atoms with Crippen molar-refractivity contribution in [3.05, 3.63) is 17.5 Å². The fourth-order valence-corrected chi connectivity index (χ4v) is 3.69. The lowest BCUT2D eigenvalue weighted by molar-refractivity contribution is 0.417. The van der Waals surface area contributed by atoms with E-state index in [0.29, 0.717) is 22.9 Å². The summed E-state index contributed by atoms with van der Waals surface area (Å²) < 4.78 is 2.05. The van der Waals surface area contributed by atoms with E-state index < -0.39 is 0 Å². The van der Waals surface area contributed by atoms with E-state index >= 15 is 0 Å². The average Bonchev–Trinajstić information content (AvgIpc) is 2.64. The third kappa shape index (κ3) is 1.49. The van der Waals surface area contributed by atoms with Crippen molar-refractivity contribution in [3.63, 3.8) is 0 Å². The smallest absolute Gasteiger partial charge is 0.0540 e. The molecule has 2 aliphatic rings. The molecule has 1 aromatic rings. The van der Waals surface area contributed by atoms with Gasteiger partial charge in [0.1, 0.15) is 0 Å². The van der Waals surface area contributed by atoms with Gasteiger partial charge in [-0.15, -0.1) is 0 Å². The fourth-order valence-electron chi connectivity index (χ4n) is 3.69. The van der Waals surface area contributed by atoms with Gasteiger partial charge in [0, 0.05) is 30.4 Å². The van der Waals surface area contributed by atoms with E-state index in [1.54, 1.807) is 0 Å². The molecule has 1 N–H and O–H groups in total. The van der Waals surface area contributed by atoms with Gasteiger partial charge >= 0.3 is 0 Å². The molecule has 1 aromatic heterocycles. The molecule has 1 heterocycles. The third-order valence-electron chi connectivity index (χ3n) is 5.76. The number of aryl methyl sites for hydroxylation is 1. The molecule has 0 radical (unpaired) electrons. The largest absolute Gasteiger partial charge is 0.306 e. The van der Waals surface area contributed by atoms with E-state index in [9.17, 15) is 0 Å². The van der Waals surface area contributed by atoms with Crippen molar-refractivity contribution in [1.29, 1.82) is 0 Å². The Bertz CT molecular complexity index is 456. The Labute approximate surface area is 110 Å². The summed E-state index contributed by atoms with van der Waals surface area (Å²) in [6.45, 7) is 9.49. The van der Waals surface area contributed by atoms with Crippen LogP contribution in [-0.2, 0) is 13.5 Å². The van der Waals surface area contributed by atoms with E-state index in [2.05, 4.69) is 51.4 Å². The van der Waals surface area contributed by atoms with Gasteiger partial charge in [0.2, 0.25) is 0 Å². The second-order valence-electron chi connectivity index (χ2n) is 7.16. The SMILES string of the molecule is Cn1ncc2c1CCCC2NC1C(C)(C)C1(C)C. The molecular weight excluding hydrogens is 222 g/mol. The molecule has 3 heteroatoms. The number of hydrogen-bond acceptors (Lipinski definition) is 2. The van der Waals surface area contributed by atoms with Crippen molar-refractivity contribution in [2.75, 3.05) is 0 Å². The topological polar surface area (TPSA) is 29.9 Å². The van der Waals surface area contributed by atoms with Crippen LogP contribution in [0.2, 0.25) is 0 Å². The molecule has 3 nitrogen and oxygen atoms in total. The van der Waals surface area contributed by atoms with Gasteiger partial charge < -0.3 is 5.32 Å². The van der Waals surface area contributed by atoms with E-state index in [1.807, 2.05) is 4.68 Å². The highest BCUT2D eigenvalue weighted by Gasteiger charge is 2.65. The molecule has 0 bridgehead atoms. The first kappa shape index (κ1) is 12.2. The summed E-state index contributed by atoms with van der Waals surface area (Å²) in [5, 5.41) is 8.32. The summed E-state index contributed by atoms with van der Waals surface area (Å²) in [5.74, 6) is 0. The van der Waals surface area contributed by atoms with Crippen LogP contribution in [0.3, 0.4) is 0 Å². The molecule has 1 unspecified atom stereocenters. The van der Waals surface area contributed by atoms with Gasteiger partial charge in [-0.3, -0.25) is 4.68 Å². The molecule has 0 saturated heterocycles. The van der Waals surface area contributed by atoms with Crippen LogP contribution < -0.4 is 5.32 Å². The van der Waals surface area contributed by atoms with E-state index in [0.717, 1.165) is 0 Å². The molecule has 1 saturated carbocycles. The lowest BCUT2D eigenvalue weighted by atomic mass is 9.92. The molecular formula is C15H25N3. The highest BCUT2D eigenvalue weighted by atomic mass is 15.3. The highest BCUT2D eigenvalue weighted by Crippen LogP contribution is 2.63. The number of aromatic nitrogens is 2. The zero-order valence-corrected chi connectivity index (χ0v) is 12.2. The maximum Gasteiger partial charge on any atom is 0.0540 e.